The monoisotopic (exact) mass is 145 g/mol. The highest BCUT2D eigenvalue weighted by atomic mass is 32.2. The van der Waals surface area contributed by atoms with Crippen molar-refractivity contribution in [1.82, 2.24) is 5.01 Å². The number of nitrogens with zero attached hydrogens (tertiary/aromatic N) is 2. The molecule has 1 N–H and O–H groups in total. The van der Waals surface area contributed by atoms with E-state index in [1.165, 1.54) is 18.0 Å². The van der Waals surface area contributed by atoms with E-state index < -0.39 is 0 Å². The van der Waals surface area contributed by atoms with Crippen LogP contribution >= 0.6 is 11.8 Å². The zero-order chi connectivity index (χ0) is 7.28. The summed E-state index contributed by atoms with van der Waals surface area (Å²) < 4.78 is 0. The average Bonchev–Trinajstić information content (AvgIpc) is 1.83. The van der Waals surface area contributed by atoms with Gasteiger partial charge in [0.25, 0.3) is 0 Å². The molecule has 3 nitrogen and oxygen atoms in total. The molecule has 0 unspecified atom stereocenters. The van der Waals surface area contributed by atoms with Gasteiger partial charge in [0.1, 0.15) is 5.04 Å². The Balaban J connectivity index is 3.57. The molecule has 0 aliphatic heterocycles. The lowest BCUT2D eigenvalue weighted by Crippen LogP contribution is -2.03. The summed E-state index contributed by atoms with van der Waals surface area (Å²) in [6.07, 6.45) is 3.37. The van der Waals surface area contributed by atoms with Crippen molar-refractivity contribution in [2.75, 3.05) is 20.4 Å². The molecule has 0 rings (SSSR count). The van der Waals surface area contributed by atoms with Crippen molar-refractivity contribution in [3.63, 3.8) is 0 Å². The molecular weight excluding hydrogens is 134 g/mol. The molecule has 0 aromatic heterocycles. The molecule has 0 aliphatic carbocycles. The van der Waals surface area contributed by atoms with Gasteiger partial charge in [-0.2, -0.15) is 5.10 Å². The van der Waals surface area contributed by atoms with Crippen LogP contribution in [0.2, 0.25) is 0 Å². The Kier molecular flexibility index (Phi) is 4.13. The Labute approximate surface area is 59.6 Å². The molecule has 0 aromatic carbocycles. The van der Waals surface area contributed by atoms with Crippen molar-refractivity contribution in [1.29, 1.82) is 5.41 Å². The van der Waals surface area contributed by atoms with Crippen molar-refractivity contribution in [2.45, 2.75) is 0 Å². The highest BCUT2D eigenvalue weighted by Gasteiger charge is 1.84. The van der Waals surface area contributed by atoms with Gasteiger partial charge in [0, 0.05) is 14.1 Å². The van der Waals surface area contributed by atoms with Gasteiger partial charge in [0.05, 0.1) is 6.21 Å². The largest absolute Gasteiger partial charge is 0.303 e. The van der Waals surface area contributed by atoms with Gasteiger partial charge in [-0.25, -0.2) is 0 Å². The predicted molar refractivity (Wildman–Crippen MR) is 43.4 cm³/mol. The maximum absolute atomic E-state index is 7.12. The average molecular weight is 145 g/mol. The molecule has 0 radical (unpaired) electrons. The van der Waals surface area contributed by atoms with E-state index in [9.17, 15) is 0 Å². The third-order valence-corrected chi connectivity index (χ3v) is 1.17. The smallest absolute Gasteiger partial charge is 0.107 e. The third-order valence-electron chi connectivity index (χ3n) is 0.626. The first-order valence-electron chi connectivity index (χ1n) is 2.50. The summed E-state index contributed by atoms with van der Waals surface area (Å²) in [5, 5.41) is 13.1. The Morgan fingerprint density at radius 2 is 2.22 bits per heavy atom. The topological polar surface area (TPSA) is 39.5 Å². The van der Waals surface area contributed by atoms with Gasteiger partial charge >= 0.3 is 0 Å². The first kappa shape index (κ1) is 8.49. The maximum Gasteiger partial charge on any atom is 0.107 e. The summed E-state index contributed by atoms with van der Waals surface area (Å²) in [6.45, 7) is 0. The van der Waals surface area contributed by atoms with Gasteiger partial charge in [-0.05, 0) is 6.26 Å². The number of nitrogens with one attached hydrogen (secondary N) is 1. The van der Waals surface area contributed by atoms with Gasteiger partial charge in [-0.1, -0.05) is 0 Å². The van der Waals surface area contributed by atoms with Gasteiger partial charge in [-0.15, -0.1) is 11.8 Å². The number of rotatable bonds is 2. The Morgan fingerprint density at radius 1 is 1.67 bits per heavy atom. The summed E-state index contributed by atoms with van der Waals surface area (Å²) >= 11 is 1.37. The zero-order valence-electron chi connectivity index (χ0n) is 5.88. The number of hydrogen-bond acceptors (Lipinski definition) is 4. The van der Waals surface area contributed by atoms with Crippen LogP contribution in [0.4, 0.5) is 0 Å². The van der Waals surface area contributed by atoms with E-state index in [2.05, 4.69) is 5.10 Å². The van der Waals surface area contributed by atoms with Crippen LogP contribution < -0.4 is 0 Å². The molecule has 0 saturated carbocycles. The Hall–Kier alpha value is -0.510. The summed E-state index contributed by atoms with van der Waals surface area (Å²) in [6, 6.07) is 0. The third kappa shape index (κ3) is 5.36. The molecule has 0 aliphatic rings. The van der Waals surface area contributed by atoms with E-state index in [4.69, 9.17) is 5.41 Å². The Bertz CT molecular complexity index is 119. The van der Waals surface area contributed by atoms with Crippen LogP contribution in [-0.2, 0) is 0 Å². The Morgan fingerprint density at radius 3 is 2.56 bits per heavy atom. The predicted octanol–water partition coefficient (Wildman–Crippen LogP) is 0.874. The number of hydrazone groups is 1. The van der Waals surface area contributed by atoms with Crippen molar-refractivity contribution in [3.05, 3.63) is 0 Å². The van der Waals surface area contributed by atoms with Gasteiger partial charge in [0.15, 0.2) is 0 Å². The van der Waals surface area contributed by atoms with E-state index >= 15 is 0 Å². The van der Waals surface area contributed by atoms with E-state index in [1.54, 1.807) is 5.01 Å². The van der Waals surface area contributed by atoms with E-state index in [1.807, 2.05) is 20.4 Å². The molecule has 0 atom stereocenters. The lowest BCUT2D eigenvalue weighted by atomic mass is 10.8. The van der Waals surface area contributed by atoms with Crippen LogP contribution in [0.15, 0.2) is 5.10 Å². The van der Waals surface area contributed by atoms with Crippen molar-refractivity contribution >= 4 is 23.0 Å². The molecular formula is C5H11N3S. The second-order valence-electron chi connectivity index (χ2n) is 1.66. The SMILES string of the molecule is CSC(=N)/C=N/N(C)C. The summed E-state index contributed by atoms with van der Waals surface area (Å²) in [5.74, 6) is 0. The summed E-state index contributed by atoms with van der Waals surface area (Å²) in [5.41, 5.74) is 0. The first-order chi connectivity index (χ1) is 4.16. The van der Waals surface area contributed by atoms with Crippen LogP contribution in [0.25, 0.3) is 0 Å². The van der Waals surface area contributed by atoms with E-state index in [0.29, 0.717) is 5.04 Å². The fourth-order valence-electron chi connectivity index (χ4n) is 0.221. The lowest BCUT2D eigenvalue weighted by molar-refractivity contribution is 0.441. The minimum absolute atomic E-state index is 0.476. The minimum atomic E-state index is 0.476. The molecule has 0 amide bonds. The highest BCUT2D eigenvalue weighted by Crippen LogP contribution is 1.90. The molecule has 0 fully saturated rings. The fraction of sp³-hybridized carbons (Fsp3) is 0.600. The molecule has 4 heteroatoms. The van der Waals surface area contributed by atoms with Crippen LogP contribution in [0.5, 0.6) is 0 Å². The molecule has 52 valence electrons. The number of hydrogen-bond donors (Lipinski definition) is 1. The molecule has 0 bridgehead atoms. The second kappa shape index (κ2) is 4.38. The van der Waals surface area contributed by atoms with Crippen molar-refractivity contribution in [2.24, 2.45) is 5.10 Å². The summed E-state index contributed by atoms with van der Waals surface area (Å²) in [4.78, 5) is 0. The molecule has 0 aromatic rings. The van der Waals surface area contributed by atoms with Gasteiger partial charge in [0.2, 0.25) is 0 Å². The quantitative estimate of drug-likeness (QED) is 0.356. The van der Waals surface area contributed by atoms with Crippen LogP contribution in [0.1, 0.15) is 0 Å². The first-order valence-corrected chi connectivity index (χ1v) is 3.73. The second-order valence-corrected chi connectivity index (χ2v) is 2.51. The maximum atomic E-state index is 7.12. The molecule has 0 spiro atoms. The van der Waals surface area contributed by atoms with Crippen LogP contribution in [-0.4, -0.2) is 36.6 Å². The van der Waals surface area contributed by atoms with Crippen molar-refractivity contribution < 1.29 is 0 Å². The number of thioether (sulfide) groups is 1. The van der Waals surface area contributed by atoms with Crippen LogP contribution in [0, 0.1) is 5.41 Å². The molecule has 9 heavy (non-hydrogen) atoms. The summed E-state index contributed by atoms with van der Waals surface area (Å²) in [7, 11) is 3.65. The zero-order valence-corrected chi connectivity index (χ0v) is 6.70. The van der Waals surface area contributed by atoms with Gasteiger partial charge < -0.3 is 5.01 Å². The van der Waals surface area contributed by atoms with E-state index in [0.717, 1.165) is 0 Å². The van der Waals surface area contributed by atoms with Gasteiger partial charge in [-0.3, -0.25) is 5.41 Å². The molecule has 0 heterocycles. The minimum Gasteiger partial charge on any atom is -0.303 e. The lowest BCUT2D eigenvalue weighted by Gasteiger charge is -2.00. The van der Waals surface area contributed by atoms with E-state index in [-0.39, 0.29) is 0 Å². The normalized spacial score (nSPS) is 10.1. The van der Waals surface area contributed by atoms with Crippen LogP contribution in [0.3, 0.4) is 0 Å². The van der Waals surface area contributed by atoms with Crippen molar-refractivity contribution in [3.8, 4) is 0 Å². The molecule has 0 saturated heterocycles. The fourth-order valence-corrected chi connectivity index (χ4v) is 0.373. The standard InChI is InChI=1S/C5H11N3S/c1-8(2)7-4-5(6)9-3/h4,6H,1-3H3/b6-5?,7-4+. The highest BCUT2D eigenvalue weighted by molar-refractivity contribution is 8.14.